The maximum atomic E-state index is 11.8. The van der Waals surface area contributed by atoms with Gasteiger partial charge in [0.2, 0.25) is 0 Å². The van der Waals surface area contributed by atoms with Crippen molar-refractivity contribution in [3.05, 3.63) is 23.8 Å². The van der Waals surface area contributed by atoms with Gasteiger partial charge in [-0.05, 0) is 12.0 Å². The van der Waals surface area contributed by atoms with Crippen molar-refractivity contribution in [2.24, 2.45) is 0 Å². The summed E-state index contributed by atoms with van der Waals surface area (Å²) in [5.74, 6) is -0.649. The number of carbonyl (C=O) groups excluding carboxylic acids is 2. The Hall–Kier alpha value is -1.62. The third kappa shape index (κ3) is 2.46. The van der Waals surface area contributed by atoms with Crippen molar-refractivity contribution >= 4 is 11.9 Å². The SMILES string of the molecule is COC(=O)CCN1C(=O)[C@@H](O)C[C@H]1C1=CCC=C1. The predicted molar refractivity (Wildman–Crippen MR) is 64.6 cm³/mol. The minimum absolute atomic E-state index is 0.115. The van der Waals surface area contributed by atoms with Crippen molar-refractivity contribution in [1.82, 2.24) is 4.90 Å². The summed E-state index contributed by atoms with van der Waals surface area (Å²) in [7, 11) is 1.32. The predicted octanol–water partition coefficient (Wildman–Crippen LogP) is 0.398. The molecular formula is C13H17NO4. The summed E-state index contributed by atoms with van der Waals surface area (Å²) >= 11 is 0. The van der Waals surface area contributed by atoms with Crippen LogP contribution in [-0.2, 0) is 14.3 Å². The van der Waals surface area contributed by atoms with E-state index in [1.54, 1.807) is 4.90 Å². The standard InChI is InChI=1S/C13H17NO4/c1-18-12(16)6-7-14-10(8-11(15)13(14)17)9-4-2-3-5-9/h2,4-5,10-11,15H,3,6-8H2,1H3/t10-,11-/m0/s1. The summed E-state index contributed by atoms with van der Waals surface area (Å²) in [5.41, 5.74) is 1.05. The Kier molecular flexibility index (Phi) is 3.81. The molecule has 2 atom stereocenters. The lowest BCUT2D eigenvalue weighted by molar-refractivity contribution is -0.142. The number of nitrogens with zero attached hydrogens (tertiary/aromatic N) is 1. The molecule has 5 heteroatoms. The largest absolute Gasteiger partial charge is 0.469 e. The van der Waals surface area contributed by atoms with E-state index in [0.717, 1.165) is 12.0 Å². The number of methoxy groups -OCH3 is 1. The smallest absolute Gasteiger partial charge is 0.307 e. The Bertz CT molecular complexity index is 413. The number of aliphatic hydroxyl groups is 1. The molecule has 98 valence electrons. The highest BCUT2D eigenvalue weighted by atomic mass is 16.5. The van der Waals surface area contributed by atoms with Crippen LogP contribution in [0.3, 0.4) is 0 Å². The zero-order chi connectivity index (χ0) is 13.1. The first kappa shape index (κ1) is 12.8. The fraction of sp³-hybridized carbons (Fsp3) is 0.538. The van der Waals surface area contributed by atoms with Gasteiger partial charge in [0, 0.05) is 13.0 Å². The van der Waals surface area contributed by atoms with Crippen LogP contribution in [-0.4, -0.2) is 47.7 Å². The van der Waals surface area contributed by atoms with Crippen LogP contribution in [0.2, 0.25) is 0 Å². The van der Waals surface area contributed by atoms with E-state index in [1.807, 2.05) is 18.2 Å². The van der Waals surface area contributed by atoms with E-state index in [4.69, 9.17) is 0 Å². The molecule has 1 N–H and O–H groups in total. The zero-order valence-electron chi connectivity index (χ0n) is 10.3. The van der Waals surface area contributed by atoms with Crippen LogP contribution in [0.4, 0.5) is 0 Å². The number of amides is 1. The van der Waals surface area contributed by atoms with Gasteiger partial charge in [-0.25, -0.2) is 0 Å². The molecule has 1 fully saturated rings. The average molecular weight is 251 g/mol. The van der Waals surface area contributed by atoms with E-state index in [2.05, 4.69) is 4.74 Å². The van der Waals surface area contributed by atoms with Gasteiger partial charge in [-0.2, -0.15) is 0 Å². The number of allylic oxidation sites excluding steroid dienone is 2. The van der Waals surface area contributed by atoms with Crippen LogP contribution in [0.5, 0.6) is 0 Å². The van der Waals surface area contributed by atoms with Gasteiger partial charge >= 0.3 is 5.97 Å². The van der Waals surface area contributed by atoms with Crippen LogP contribution < -0.4 is 0 Å². The lowest BCUT2D eigenvalue weighted by Gasteiger charge is -2.24. The van der Waals surface area contributed by atoms with Gasteiger partial charge in [0.15, 0.2) is 0 Å². The van der Waals surface area contributed by atoms with Gasteiger partial charge in [0.05, 0.1) is 19.6 Å². The van der Waals surface area contributed by atoms with Gasteiger partial charge in [0.25, 0.3) is 5.91 Å². The lowest BCUT2D eigenvalue weighted by atomic mass is 10.1. The topological polar surface area (TPSA) is 66.8 Å². The quantitative estimate of drug-likeness (QED) is 0.734. The molecule has 5 nitrogen and oxygen atoms in total. The molecule has 2 rings (SSSR count). The molecule has 1 heterocycles. The van der Waals surface area contributed by atoms with E-state index in [1.165, 1.54) is 7.11 Å². The van der Waals surface area contributed by atoms with Gasteiger partial charge < -0.3 is 14.7 Å². The molecule has 0 aromatic carbocycles. The fourth-order valence-electron chi connectivity index (χ4n) is 2.40. The van der Waals surface area contributed by atoms with Crippen LogP contribution in [0.1, 0.15) is 19.3 Å². The summed E-state index contributed by atoms with van der Waals surface area (Å²) in [6.45, 7) is 0.290. The van der Waals surface area contributed by atoms with Gasteiger partial charge in [-0.3, -0.25) is 9.59 Å². The average Bonchev–Trinajstić information content (AvgIpc) is 2.97. The van der Waals surface area contributed by atoms with Crippen LogP contribution in [0, 0.1) is 0 Å². The summed E-state index contributed by atoms with van der Waals surface area (Å²) in [4.78, 5) is 24.6. The Morgan fingerprint density at radius 1 is 1.61 bits per heavy atom. The molecule has 1 saturated heterocycles. The van der Waals surface area contributed by atoms with Crippen molar-refractivity contribution in [1.29, 1.82) is 0 Å². The van der Waals surface area contributed by atoms with Crippen LogP contribution in [0.25, 0.3) is 0 Å². The zero-order valence-corrected chi connectivity index (χ0v) is 10.3. The fourth-order valence-corrected chi connectivity index (χ4v) is 2.40. The Labute approximate surface area is 106 Å². The van der Waals surface area contributed by atoms with E-state index in [-0.39, 0.29) is 24.3 Å². The Balaban J connectivity index is 2.05. The maximum Gasteiger partial charge on any atom is 0.307 e. The van der Waals surface area contributed by atoms with E-state index in [0.29, 0.717) is 13.0 Å². The maximum absolute atomic E-state index is 11.8. The van der Waals surface area contributed by atoms with Gasteiger partial charge in [0.1, 0.15) is 6.10 Å². The number of likely N-dealkylation sites (tertiary alicyclic amines) is 1. The minimum atomic E-state index is -0.956. The molecule has 0 saturated carbocycles. The second-order valence-electron chi connectivity index (χ2n) is 4.47. The van der Waals surface area contributed by atoms with Crippen LogP contribution >= 0.6 is 0 Å². The first-order valence-electron chi connectivity index (χ1n) is 6.05. The molecule has 2 aliphatic rings. The minimum Gasteiger partial charge on any atom is -0.469 e. The Morgan fingerprint density at radius 2 is 2.39 bits per heavy atom. The first-order valence-corrected chi connectivity index (χ1v) is 6.05. The molecule has 18 heavy (non-hydrogen) atoms. The number of esters is 1. The molecule has 0 aromatic rings. The number of hydrogen-bond donors (Lipinski definition) is 1. The normalized spacial score (nSPS) is 26.7. The summed E-state index contributed by atoms with van der Waals surface area (Å²) in [6, 6.07) is -0.115. The third-order valence-corrected chi connectivity index (χ3v) is 3.36. The van der Waals surface area contributed by atoms with Crippen molar-refractivity contribution in [2.45, 2.75) is 31.4 Å². The van der Waals surface area contributed by atoms with Crippen molar-refractivity contribution < 1.29 is 19.4 Å². The highest BCUT2D eigenvalue weighted by molar-refractivity contribution is 5.84. The van der Waals surface area contributed by atoms with E-state index in [9.17, 15) is 14.7 Å². The Morgan fingerprint density at radius 3 is 3.00 bits per heavy atom. The summed E-state index contributed by atoms with van der Waals surface area (Å²) in [6.07, 6.45) is 6.49. The molecule has 0 aromatic heterocycles. The molecule has 1 amide bonds. The van der Waals surface area contributed by atoms with Crippen molar-refractivity contribution in [3.63, 3.8) is 0 Å². The second kappa shape index (κ2) is 5.35. The molecule has 1 aliphatic heterocycles. The highest BCUT2D eigenvalue weighted by Crippen LogP contribution is 2.28. The van der Waals surface area contributed by atoms with Crippen molar-refractivity contribution in [3.8, 4) is 0 Å². The molecule has 0 radical (unpaired) electrons. The highest BCUT2D eigenvalue weighted by Gasteiger charge is 2.39. The van der Waals surface area contributed by atoms with Gasteiger partial charge in [-0.15, -0.1) is 0 Å². The van der Waals surface area contributed by atoms with E-state index >= 15 is 0 Å². The van der Waals surface area contributed by atoms with E-state index < -0.39 is 6.10 Å². The molecule has 0 bridgehead atoms. The number of ether oxygens (including phenoxy) is 1. The van der Waals surface area contributed by atoms with Gasteiger partial charge in [-0.1, -0.05) is 18.2 Å². The monoisotopic (exact) mass is 251 g/mol. The third-order valence-electron chi connectivity index (χ3n) is 3.36. The number of rotatable bonds is 4. The van der Waals surface area contributed by atoms with Crippen LogP contribution in [0.15, 0.2) is 23.8 Å². The molecule has 0 unspecified atom stereocenters. The molecular weight excluding hydrogens is 234 g/mol. The molecule has 1 aliphatic carbocycles. The summed E-state index contributed by atoms with van der Waals surface area (Å²) < 4.78 is 4.56. The first-order chi connectivity index (χ1) is 8.63. The number of hydrogen-bond acceptors (Lipinski definition) is 4. The van der Waals surface area contributed by atoms with Crippen molar-refractivity contribution in [2.75, 3.05) is 13.7 Å². The molecule has 0 spiro atoms. The second-order valence-corrected chi connectivity index (χ2v) is 4.47. The lowest BCUT2D eigenvalue weighted by Crippen LogP contribution is -2.37. The number of carbonyl (C=O) groups is 2. The summed E-state index contributed by atoms with van der Waals surface area (Å²) in [5, 5.41) is 9.66. The number of aliphatic hydroxyl groups excluding tert-OH is 1.